The smallest absolute Gasteiger partial charge is 0.462 e. The predicted octanol–water partition coefficient (Wildman–Crippen LogP) is 24.5. The summed E-state index contributed by atoms with van der Waals surface area (Å²) in [4.78, 5) is 35.9. The van der Waals surface area contributed by atoms with Crippen molar-refractivity contribution in [3.05, 3.63) is 0 Å². The third-order valence-corrected chi connectivity index (χ3v) is 18.6. The fraction of sp³-hybridized carbons (Fsp3) is 0.973. The Morgan fingerprint density at radius 3 is 0.762 bits per heavy atom. The summed E-state index contributed by atoms with van der Waals surface area (Å²) in [6.45, 7) is 4.54. The van der Waals surface area contributed by atoms with Crippen molar-refractivity contribution < 1.29 is 42.1 Å². The number of carbonyl (C=O) groups is 2. The average Bonchev–Trinajstić information content (AvgIpc) is 3.61. The van der Waals surface area contributed by atoms with Gasteiger partial charge in [-0.1, -0.05) is 386 Å². The van der Waals surface area contributed by atoms with Crippen molar-refractivity contribution in [2.24, 2.45) is 0 Å². The van der Waals surface area contributed by atoms with E-state index in [1.165, 1.54) is 347 Å². The van der Waals surface area contributed by atoms with E-state index >= 15 is 0 Å². The number of nitrogens with zero attached hydrogens (tertiary/aromatic N) is 1. The van der Waals surface area contributed by atoms with E-state index in [9.17, 15) is 19.0 Å². The van der Waals surface area contributed by atoms with Gasteiger partial charge in [0.1, 0.15) is 19.8 Å². The lowest BCUT2D eigenvalue weighted by Crippen LogP contribution is -2.37. The lowest BCUT2D eigenvalue weighted by Gasteiger charge is -2.24. The van der Waals surface area contributed by atoms with Gasteiger partial charge in [0.2, 0.25) is 0 Å². The molecule has 1 N–H and O–H groups in total. The summed E-state index contributed by atoms with van der Waals surface area (Å²) in [6, 6.07) is 0. The van der Waals surface area contributed by atoms with Gasteiger partial charge in [0.15, 0.2) is 6.10 Å². The van der Waals surface area contributed by atoms with Crippen LogP contribution in [0.5, 0.6) is 0 Å². The third kappa shape index (κ3) is 70.1. The molecule has 0 spiro atoms. The number of esters is 2. The molecule has 502 valence electrons. The van der Waals surface area contributed by atoms with Crippen molar-refractivity contribution in [3.8, 4) is 0 Å². The van der Waals surface area contributed by atoms with Crippen LogP contribution in [-0.2, 0) is 32.7 Å². The first-order valence-corrected chi connectivity index (χ1v) is 39.3. The molecule has 0 bridgehead atoms. The zero-order chi connectivity index (χ0) is 61.2. The second-order valence-corrected chi connectivity index (χ2v) is 28.9. The molecule has 0 radical (unpaired) electrons. The Morgan fingerprint density at radius 2 is 0.536 bits per heavy atom. The Labute approximate surface area is 524 Å². The van der Waals surface area contributed by atoms with Crippen LogP contribution < -0.4 is 0 Å². The second-order valence-electron chi connectivity index (χ2n) is 27.4. The Morgan fingerprint density at radius 1 is 0.321 bits per heavy atom. The number of likely N-dealkylation sites (N-methyl/N-ethyl adjacent to an activating group) is 1. The molecule has 0 aliphatic heterocycles. The summed E-state index contributed by atoms with van der Waals surface area (Å²) >= 11 is 0. The highest BCUT2D eigenvalue weighted by Crippen LogP contribution is 2.43. The fourth-order valence-electron chi connectivity index (χ4n) is 11.8. The summed E-state index contributed by atoms with van der Waals surface area (Å²) in [5, 5.41) is 0. The maximum Gasteiger partial charge on any atom is 0.472 e. The van der Waals surface area contributed by atoms with E-state index in [1.807, 2.05) is 21.1 Å². The van der Waals surface area contributed by atoms with Gasteiger partial charge in [-0.25, -0.2) is 4.57 Å². The predicted molar refractivity (Wildman–Crippen MR) is 363 cm³/mol. The number of phosphoric ester groups is 1. The van der Waals surface area contributed by atoms with Crippen molar-refractivity contribution in [2.75, 3.05) is 47.5 Å². The minimum atomic E-state index is -4.39. The van der Waals surface area contributed by atoms with Gasteiger partial charge in [-0.15, -0.1) is 0 Å². The van der Waals surface area contributed by atoms with Crippen LogP contribution in [0.25, 0.3) is 0 Å². The number of hydrogen-bond donors (Lipinski definition) is 1. The number of hydrogen-bond acceptors (Lipinski definition) is 7. The van der Waals surface area contributed by atoms with Crippen LogP contribution in [0.15, 0.2) is 0 Å². The Kier molecular flexibility index (Phi) is 65.6. The van der Waals surface area contributed by atoms with Gasteiger partial charge in [0.25, 0.3) is 0 Å². The van der Waals surface area contributed by atoms with Crippen LogP contribution >= 0.6 is 7.82 Å². The number of unbranched alkanes of at least 4 members (excludes halogenated alkanes) is 58. The molecule has 0 aliphatic rings. The molecule has 2 unspecified atom stereocenters. The van der Waals surface area contributed by atoms with Gasteiger partial charge in [-0.05, 0) is 12.8 Å². The minimum Gasteiger partial charge on any atom is -0.462 e. The standard InChI is InChI=1S/C74H148NO8P/c1-6-8-10-12-14-16-18-20-22-24-26-28-30-32-34-35-36-37-38-39-40-41-43-45-47-49-51-53-55-57-59-61-63-65-67-74(77)83-72(71-82-84(78,79)81-69-68-75(3,4)5)70-80-73(76)66-64-62-60-58-56-54-52-50-48-46-44-42-33-31-29-27-25-23-21-19-17-15-13-11-9-7-2/h72H,6-71H2,1-5H3/p+1. The van der Waals surface area contributed by atoms with Crippen LogP contribution in [0, 0.1) is 0 Å². The molecule has 2 atom stereocenters. The molecule has 0 aromatic rings. The zero-order valence-electron chi connectivity index (χ0n) is 57.4. The summed E-state index contributed by atoms with van der Waals surface area (Å²) in [5.41, 5.74) is 0. The van der Waals surface area contributed by atoms with Crippen LogP contribution in [0.1, 0.15) is 412 Å². The summed E-state index contributed by atoms with van der Waals surface area (Å²) in [7, 11) is 1.51. The Hall–Kier alpha value is -0.990. The molecule has 0 aliphatic carbocycles. The molecule has 0 aromatic heterocycles. The van der Waals surface area contributed by atoms with Crippen molar-refractivity contribution >= 4 is 19.8 Å². The van der Waals surface area contributed by atoms with Crippen molar-refractivity contribution in [1.29, 1.82) is 0 Å². The average molecular weight is 1210 g/mol. The van der Waals surface area contributed by atoms with Crippen molar-refractivity contribution in [1.82, 2.24) is 0 Å². The summed E-state index contributed by atoms with van der Waals surface area (Å²) in [6.07, 6.45) is 81.0. The molecule has 0 rings (SSSR count). The van der Waals surface area contributed by atoms with Gasteiger partial charge in [-0.3, -0.25) is 18.6 Å². The Bertz CT molecular complexity index is 1370. The summed E-state index contributed by atoms with van der Waals surface area (Å²) < 4.78 is 34.8. The highest BCUT2D eigenvalue weighted by Gasteiger charge is 2.27. The van der Waals surface area contributed by atoms with Crippen molar-refractivity contribution in [2.45, 2.75) is 418 Å². The first-order valence-electron chi connectivity index (χ1n) is 37.8. The van der Waals surface area contributed by atoms with Gasteiger partial charge < -0.3 is 18.9 Å². The second kappa shape index (κ2) is 66.4. The number of rotatable bonds is 72. The number of carbonyl (C=O) groups excluding carboxylic acids is 2. The highest BCUT2D eigenvalue weighted by molar-refractivity contribution is 7.47. The maximum atomic E-state index is 12.9. The number of phosphoric acid groups is 1. The van der Waals surface area contributed by atoms with E-state index in [-0.39, 0.29) is 25.6 Å². The minimum absolute atomic E-state index is 0.0378. The largest absolute Gasteiger partial charge is 0.472 e. The molecular formula is C74H149NO8P+. The molecule has 10 heteroatoms. The van der Waals surface area contributed by atoms with Gasteiger partial charge in [0, 0.05) is 12.8 Å². The molecule has 84 heavy (non-hydrogen) atoms. The maximum absolute atomic E-state index is 12.9. The highest BCUT2D eigenvalue weighted by atomic mass is 31.2. The van der Waals surface area contributed by atoms with E-state index in [0.29, 0.717) is 17.4 Å². The third-order valence-electron chi connectivity index (χ3n) is 17.6. The van der Waals surface area contributed by atoms with E-state index in [0.717, 1.165) is 38.5 Å². The van der Waals surface area contributed by atoms with Gasteiger partial charge in [0.05, 0.1) is 27.7 Å². The van der Waals surface area contributed by atoms with Gasteiger partial charge >= 0.3 is 19.8 Å². The van der Waals surface area contributed by atoms with E-state index in [2.05, 4.69) is 13.8 Å². The molecule has 0 amide bonds. The van der Waals surface area contributed by atoms with Crippen LogP contribution in [-0.4, -0.2) is 74.9 Å². The molecule has 0 saturated carbocycles. The van der Waals surface area contributed by atoms with Gasteiger partial charge in [-0.2, -0.15) is 0 Å². The lowest BCUT2D eigenvalue weighted by atomic mass is 10.0. The van der Waals surface area contributed by atoms with Crippen LogP contribution in [0.3, 0.4) is 0 Å². The topological polar surface area (TPSA) is 108 Å². The molecule has 0 heterocycles. The zero-order valence-corrected chi connectivity index (χ0v) is 58.3. The summed E-state index contributed by atoms with van der Waals surface area (Å²) in [5.74, 6) is -0.766. The molecule has 9 nitrogen and oxygen atoms in total. The van der Waals surface area contributed by atoms with Crippen LogP contribution in [0.2, 0.25) is 0 Å². The first kappa shape index (κ1) is 83.0. The number of ether oxygens (including phenoxy) is 2. The SMILES string of the molecule is CCCCCCCCCCCCCCCCCCCCCCCCCCCCCCCCCCCCC(=O)OC(COC(=O)CCCCCCCCCCCCCCCCCCCCCCCCCCCC)COP(=O)(O)OCC[N+](C)(C)C. The fourth-order valence-corrected chi connectivity index (χ4v) is 12.6. The lowest BCUT2D eigenvalue weighted by molar-refractivity contribution is -0.870. The first-order chi connectivity index (χ1) is 41.0. The molecule has 0 saturated heterocycles. The van der Waals surface area contributed by atoms with Crippen LogP contribution in [0.4, 0.5) is 0 Å². The number of quaternary nitrogens is 1. The van der Waals surface area contributed by atoms with E-state index < -0.39 is 26.5 Å². The van der Waals surface area contributed by atoms with E-state index in [4.69, 9.17) is 18.5 Å². The molecule has 0 aromatic carbocycles. The van der Waals surface area contributed by atoms with Crippen molar-refractivity contribution in [3.63, 3.8) is 0 Å². The molecular weight excluding hydrogens is 1060 g/mol. The quantitative estimate of drug-likeness (QED) is 0.0278. The van der Waals surface area contributed by atoms with E-state index in [1.54, 1.807) is 0 Å². The Balaban J connectivity index is 3.91. The molecule has 0 fully saturated rings. The monoisotopic (exact) mass is 1210 g/mol. The normalized spacial score (nSPS) is 13.0.